The van der Waals surface area contributed by atoms with Crippen LogP contribution in [0.15, 0.2) is 35.0 Å². The number of hydrogen-bond donors (Lipinski definition) is 2. The molecule has 0 fully saturated rings. The van der Waals surface area contributed by atoms with Gasteiger partial charge in [-0.2, -0.15) is 0 Å². The molecule has 0 spiro atoms. The number of pyridine rings is 1. The summed E-state index contributed by atoms with van der Waals surface area (Å²) in [4.78, 5) is 19.4. The zero-order valence-corrected chi connectivity index (χ0v) is 13.7. The van der Waals surface area contributed by atoms with Crippen molar-refractivity contribution in [1.82, 2.24) is 4.98 Å². The third-order valence-corrected chi connectivity index (χ3v) is 3.19. The summed E-state index contributed by atoms with van der Waals surface area (Å²) in [6, 6.07) is 2.80. The van der Waals surface area contributed by atoms with Gasteiger partial charge in [0.25, 0.3) is 0 Å². The number of aromatic nitrogens is 1. The number of aromatic hydroxyl groups is 1. The molecule has 2 rings (SSSR count). The molecule has 0 saturated carbocycles. The van der Waals surface area contributed by atoms with Gasteiger partial charge in [-0.15, -0.1) is 0 Å². The average Bonchev–Trinajstić information content (AvgIpc) is 2.64. The first-order chi connectivity index (χ1) is 12.8. The lowest BCUT2D eigenvalue weighted by atomic mass is 10.1. The van der Waals surface area contributed by atoms with Crippen LogP contribution in [-0.4, -0.2) is 34.0 Å². The molecule has 0 unspecified atom stereocenters. The zero-order chi connectivity index (χ0) is 20.1. The van der Waals surface area contributed by atoms with Gasteiger partial charge in [-0.05, 0) is 25.1 Å². The van der Waals surface area contributed by atoms with Crippen LogP contribution in [0, 0.1) is 23.3 Å². The number of hydrogen-bond acceptors (Lipinski definition) is 6. The molecule has 6 nitrogen and oxygen atoms in total. The zero-order valence-electron chi connectivity index (χ0n) is 13.7. The van der Waals surface area contributed by atoms with Gasteiger partial charge >= 0.3 is 5.97 Å². The van der Waals surface area contributed by atoms with Gasteiger partial charge in [0.05, 0.1) is 12.2 Å². The Morgan fingerprint density at radius 3 is 2.59 bits per heavy atom. The van der Waals surface area contributed by atoms with Crippen molar-refractivity contribution in [2.24, 2.45) is 4.99 Å². The average molecular weight is 384 g/mol. The molecule has 1 aromatic carbocycles. The highest BCUT2D eigenvalue weighted by atomic mass is 19.2. The van der Waals surface area contributed by atoms with E-state index in [-0.39, 0.29) is 24.2 Å². The van der Waals surface area contributed by atoms with Crippen LogP contribution in [0.25, 0.3) is 5.76 Å². The number of carbonyl (C=O) groups excluding carboxylic acids is 1. The summed E-state index contributed by atoms with van der Waals surface area (Å²) < 4.78 is 58.5. The minimum Gasteiger partial charge on any atom is -0.506 e. The summed E-state index contributed by atoms with van der Waals surface area (Å²) in [6.07, 6.45) is 1.93. The van der Waals surface area contributed by atoms with Crippen molar-refractivity contribution >= 4 is 23.8 Å². The van der Waals surface area contributed by atoms with Crippen molar-refractivity contribution in [2.45, 2.75) is 6.92 Å². The molecule has 2 aromatic rings. The van der Waals surface area contributed by atoms with Crippen LogP contribution in [0.5, 0.6) is 5.75 Å². The van der Waals surface area contributed by atoms with Crippen molar-refractivity contribution in [3.8, 4) is 5.75 Å². The highest BCUT2D eigenvalue weighted by molar-refractivity contribution is 6.15. The third kappa shape index (κ3) is 4.22. The molecule has 142 valence electrons. The topological polar surface area (TPSA) is 92.0 Å². The molecule has 0 aliphatic heterocycles. The lowest BCUT2D eigenvalue weighted by Crippen LogP contribution is -2.12. The molecule has 0 saturated heterocycles. The van der Waals surface area contributed by atoms with Crippen LogP contribution in [0.4, 0.5) is 23.4 Å². The number of benzene rings is 1. The second-order valence-electron chi connectivity index (χ2n) is 4.93. The molecule has 10 heteroatoms. The summed E-state index contributed by atoms with van der Waals surface area (Å²) in [5.41, 5.74) is -1.92. The Bertz CT molecular complexity index is 945. The number of carbonyl (C=O) groups is 1. The lowest BCUT2D eigenvalue weighted by Gasteiger charge is -2.09. The number of aliphatic hydroxyl groups is 1. The van der Waals surface area contributed by atoms with Crippen LogP contribution in [0.2, 0.25) is 0 Å². The van der Waals surface area contributed by atoms with Crippen LogP contribution in [0.3, 0.4) is 0 Å². The van der Waals surface area contributed by atoms with Crippen LogP contribution in [0.1, 0.15) is 12.5 Å². The standard InChI is InChI=1S/C17H12F4N2O4/c1-2-27-17(26)9(7-23-16-11(24)4-3-5-22-16)15(25)8-6-10(18)13(20)14(21)12(8)19/h3-7,24-25H,2H2,1H3/b15-9+,23-7+. The van der Waals surface area contributed by atoms with Crippen LogP contribution < -0.4 is 0 Å². The van der Waals surface area contributed by atoms with E-state index in [0.717, 1.165) is 0 Å². The molecule has 27 heavy (non-hydrogen) atoms. The van der Waals surface area contributed by atoms with E-state index in [1.165, 1.54) is 25.3 Å². The van der Waals surface area contributed by atoms with Gasteiger partial charge in [-0.1, -0.05) is 0 Å². The third-order valence-electron chi connectivity index (χ3n) is 3.19. The van der Waals surface area contributed by atoms with Crippen molar-refractivity contribution in [2.75, 3.05) is 6.61 Å². The largest absolute Gasteiger partial charge is 0.506 e. The summed E-state index contributed by atoms with van der Waals surface area (Å²) >= 11 is 0. The first-order valence-electron chi connectivity index (χ1n) is 7.39. The highest BCUT2D eigenvalue weighted by Crippen LogP contribution is 2.26. The Kier molecular flexibility index (Phi) is 6.11. The van der Waals surface area contributed by atoms with E-state index in [1.54, 1.807) is 0 Å². The number of aliphatic hydroxyl groups excluding tert-OH is 1. The second kappa shape index (κ2) is 8.30. The molecule has 0 atom stereocenters. The van der Waals surface area contributed by atoms with E-state index >= 15 is 0 Å². The fraction of sp³-hybridized carbons (Fsp3) is 0.118. The molecule has 1 aromatic heterocycles. The van der Waals surface area contributed by atoms with Gasteiger partial charge in [0.2, 0.25) is 0 Å². The molecule has 0 aliphatic carbocycles. The summed E-state index contributed by atoms with van der Waals surface area (Å²) in [5, 5.41) is 19.8. The minimum absolute atomic E-state index is 0.146. The first-order valence-corrected chi connectivity index (χ1v) is 7.39. The molecule has 0 amide bonds. The number of ether oxygens (including phenoxy) is 1. The SMILES string of the molecule is CCOC(=O)C(/C=N/c1ncccc1O)=C(/O)c1cc(F)c(F)c(F)c1F. The van der Waals surface area contributed by atoms with E-state index in [9.17, 15) is 32.6 Å². The number of aliphatic imine (C=N–C) groups is 1. The lowest BCUT2D eigenvalue weighted by molar-refractivity contribution is -0.137. The molecule has 2 N–H and O–H groups in total. The molecular formula is C17H12F4N2O4. The van der Waals surface area contributed by atoms with Crippen molar-refractivity contribution in [1.29, 1.82) is 0 Å². The normalized spacial score (nSPS) is 12.2. The Morgan fingerprint density at radius 1 is 1.26 bits per heavy atom. The van der Waals surface area contributed by atoms with E-state index in [0.29, 0.717) is 6.21 Å². The van der Waals surface area contributed by atoms with Gasteiger partial charge < -0.3 is 14.9 Å². The predicted octanol–water partition coefficient (Wildman–Crippen LogP) is 3.58. The van der Waals surface area contributed by atoms with Crippen LogP contribution in [-0.2, 0) is 9.53 Å². The Balaban J connectivity index is 2.63. The van der Waals surface area contributed by atoms with Crippen molar-refractivity contribution in [3.63, 3.8) is 0 Å². The van der Waals surface area contributed by atoms with Gasteiger partial charge in [-0.3, -0.25) is 0 Å². The van der Waals surface area contributed by atoms with E-state index in [4.69, 9.17) is 0 Å². The quantitative estimate of drug-likeness (QED) is 0.156. The van der Waals surface area contributed by atoms with E-state index in [2.05, 4.69) is 14.7 Å². The second-order valence-corrected chi connectivity index (χ2v) is 4.93. The van der Waals surface area contributed by atoms with Gasteiger partial charge in [-0.25, -0.2) is 32.3 Å². The fourth-order valence-corrected chi connectivity index (χ4v) is 1.92. The Hall–Kier alpha value is -3.43. The van der Waals surface area contributed by atoms with Gasteiger partial charge in [0, 0.05) is 12.4 Å². The first kappa shape index (κ1) is 19.9. The monoisotopic (exact) mass is 384 g/mol. The summed E-state index contributed by atoms with van der Waals surface area (Å²) in [5.74, 6) is -11.0. The number of esters is 1. The smallest absolute Gasteiger partial charge is 0.343 e. The van der Waals surface area contributed by atoms with Gasteiger partial charge in [0.15, 0.2) is 34.8 Å². The molecule has 1 heterocycles. The van der Waals surface area contributed by atoms with Crippen molar-refractivity contribution in [3.05, 3.63) is 58.8 Å². The van der Waals surface area contributed by atoms with Gasteiger partial charge in [0.1, 0.15) is 11.3 Å². The van der Waals surface area contributed by atoms with E-state index in [1.807, 2.05) is 0 Å². The van der Waals surface area contributed by atoms with E-state index < -0.39 is 46.1 Å². The molecule has 0 radical (unpaired) electrons. The molecule has 0 aliphatic rings. The predicted molar refractivity (Wildman–Crippen MR) is 86.5 cm³/mol. The number of halogens is 4. The fourth-order valence-electron chi connectivity index (χ4n) is 1.92. The minimum atomic E-state index is -2.17. The maximum atomic E-state index is 13.9. The summed E-state index contributed by atoms with van der Waals surface area (Å²) in [6.45, 7) is 1.29. The molecular weight excluding hydrogens is 372 g/mol. The molecule has 0 bridgehead atoms. The Morgan fingerprint density at radius 2 is 1.96 bits per heavy atom. The Labute approximate surface area is 150 Å². The maximum absolute atomic E-state index is 13.9. The van der Waals surface area contributed by atoms with Crippen molar-refractivity contribution < 1.29 is 37.3 Å². The summed E-state index contributed by atoms with van der Waals surface area (Å²) in [7, 11) is 0. The maximum Gasteiger partial charge on any atom is 0.343 e. The number of rotatable bonds is 5. The van der Waals surface area contributed by atoms with Crippen LogP contribution >= 0.6 is 0 Å². The number of nitrogens with zero attached hydrogens (tertiary/aromatic N) is 2. The highest BCUT2D eigenvalue weighted by Gasteiger charge is 2.25.